The van der Waals surface area contributed by atoms with E-state index in [1.165, 1.54) is 27.5 Å². The van der Waals surface area contributed by atoms with Crippen molar-refractivity contribution in [1.29, 1.82) is 0 Å². The third-order valence-electron chi connectivity index (χ3n) is 18.7. The molecule has 546 valence electrons. The van der Waals surface area contributed by atoms with Crippen LogP contribution in [0, 0.1) is 0 Å². The van der Waals surface area contributed by atoms with Crippen LogP contribution >= 0.6 is 79.6 Å². The van der Waals surface area contributed by atoms with Gasteiger partial charge in [0.15, 0.2) is 23.3 Å². The predicted molar refractivity (Wildman–Crippen MR) is 486 cm³/mol. The summed E-state index contributed by atoms with van der Waals surface area (Å²) in [5.41, 5.74) is 22.9. The molecule has 9 nitrogen and oxygen atoms in total. The molecule has 0 aliphatic heterocycles. The molecule has 14 heteroatoms. The summed E-state index contributed by atoms with van der Waals surface area (Å²) in [7, 11) is 0. The highest BCUT2D eigenvalue weighted by Crippen LogP contribution is 2.38. The topological polar surface area (TPSA) is 108 Å². The lowest BCUT2D eigenvalue weighted by Gasteiger charge is -2.12. The number of nitrogens with zero attached hydrogens (tertiary/aromatic N) is 9. The number of hydrogen-bond acceptors (Lipinski definition) is 8. The highest BCUT2D eigenvalue weighted by atomic mass is 79.9. The van der Waals surface area contributed by atoms with E-state index in [1.807, 2.05) is 224 Å². The molecule has 0 amide bonds. The summed E-state index contributed by atoms with van der Waals surface area (Å²) in [5.74, 6) is 2.81. The Labute approximate surface area is 703 Å². The molecule has 0 saturated carbocycles. The quantitative estimate of drug-likeness (QED) is 0.112. The lowest BCUT2D eigenvalue weighted by atomic mass is 10.0. The van der Waals surface area contributed by atoms with Crippen LogP contribution in [0.15, 0.2) is 423 Å². The lowest BCUT2D eigenvalue weighted by molar-refractivity contribution is 1.18. The van der Waals surface area contributed by atoms with Crippen molar-refractivity contribution in [2.24, 2.45) is 0 Å². The standard InChI is InChI=1S/C38H25BrN4.C22H14Br2N2.C22H15BrN2.C18H12BrN/c39-32-22-30(35-24-33(26-13-5-1-6-14-26)40-37(42-35)28-17-9-3-10-18-28)21-31(23-32)36-25-34(27-15-7-2-8-16-27)41-38(43-36)29-19-11-4-12-20-29;23-18-11-17(12-19(24)13-18)21-14-20(15-7-3-1-4-8-15)25-22(26-21)16-9-5-2-6-10-16;23-19-13-7-12-18(14-19)21-15-20(16-8-3-1-4-9-16)24-22(25-21)17-10-5-2-6-11-17;19-13-6-5-7-14(12-13)20-17-10-3-1-8-15(17)16-9-2-4-11-18(16)20/h1-25H;1-14H;1-15H;1-12H. The Morgan fingerprint density at radius 3 is 0.693 bits per heavy atom. The third kappa shape index (κ3) is 18.4. The molecule has 0 saturated heterocycles. The molecule has 0 fully saturated rings. The van der Waals surface area contributed by atoms with Crippen molar-refractivity contribution < 1.29 is 0 Å². The fourth-order valence-corrected chi connectivity index (χ4v) is 15.9. The number of halogens is 5. The van der Waals surface area contributed by atoms with E-state index in [4.69, 9.17) is 39.9 Å². The summed E-state index contributed by atoms with van der Waals surface area (Å²) >= 11 is 18.0. The molecule has 0 atom stereocenters. The summed E-state index contributed by atoms with van der Waals surface area (Å²) in [6.07, 6.45) is 0. The fraction of sp³-hybridized carbons (Fsp3) is 0. The Morgan fingerprint density at radius 1 is 0.158 bits per heavy atom. The first-order valence-electron chi connectivity index (χ1n) is 36.8. The van der Waals surface area contributed by atoms with Crippen LogP contribution in [0.2, 0.25) is 0 Å². The summed E-state index contributed by atoms with van der Waals surface area (Å²) in [4.78, 5) is 39.2. The molecule has 0 N–H and O–H groups in total. The van der Waals surface area contributed by atoms with E-state index in [1.54, 1.807) is 0 Å². The van der Waals surface area contributed by atoms with E-state index in [0.29, 0.717) is 11.6 Å². The lowest BCUT2D eigenvalue weighted by Crippen LogP contribution is -1.97. The molecular formula is C100H66Br5N9. The molecule has 0 bridgehead atoms. The first-order valence-corrected chi connectivity index (χ1v) is 40.8. The molecule has 19 rings (SSSR count). The first-order chi connectivity index (χ1) is 56.0. The maximum Gasteiger partial charge on any atom is 0.160 e. The van der Waals surface area contributed by atoms with E-state index in [0.717, 1.165) is 146 Å². The molecule has 0 radical (unpaired) electrons. The summed E-state index contributed by atoms with van der Waals surface area (Å²) in [6.45, 7) is 0. The molecule has 19 aromatic rings. The van der Waals surface area contributed by atoms with Gasteiger partial charge in [-0.15, -0.1) is 0 Å². The van der Waals surface area contributed by atoms with Crippen molar-refractivity contribution in [3.63, 3.8) is 0 Å². The van der Waals surface area contributed by atoms with Crippen molar-refractivity contribution in [3.05, 3.63) is 423 Å². The van der Waals surface area contributed by atoms with Crippen molar-refractivity contribution >= 4 is 101 Å². The van der Waals surface area contributed by atoms with Crippen LogP contribution in [0.1, 0.15) is 0 Å². The monoisotopic (exact) mass is 1790 g/mol. The van der Waals surface area contributed by atoms with E-state index >= 15 is 0 Å². The van der Waals surface area contributed by atoms with Crippen molar-refractivity contribution in [2.45, 2.75) is 0 Å². The van der Waals surface area contributed by atoms with Gasteiger partial charge in [-0.25, -0.2) is 39.9 Å². The van der Waals surface area contributed by atoms with E-state index in [9.17, 15) is 0 Å². The van der Waals surface area contributed by atoms with E-state index in [-0.39, 0.29) is 0 Å². The highest BCUT2D eigenvalue weighted by molar-refractivity contribution is 9.11. The maximum atomic E-state index is 5.04. The second kappa shape index (κ2) is 36.0. The molecule has 14 aromatic carbocycles. The Morgan fingerprint density at radius 2 is 0.386 bits per heavy atom. The zero-order chi connectivity index (χ0) is 77.5. The van der Waals surface area contributed by atoms with Crippen LogP contribution in [-0.4, -0.2) is 44.4 Å². The molecule has 0 spiro atoms. The molecule has 5 aromatic heterocycles. The van der Waals surface area contributed by atoms with Crippen molar-refractivity contribution in [3.8, 4) is 141 Å². The Kier molecular flexibility index (Phi) is 23.9. The van der Waals surface area contributed by atoms with Gasteiger partial charge in [-0.3, -0.25) is 0 Å². The molecule has 0 unspecified atom stereocenters. The minimum absolute atomic E-state index is 0.679. The Bertz CT molecular complexity index is 6080. The minimum atomic E-state index is 0.679. The smallest absolute Gasteiger partial charge is 0.160 e. The van der Waals surface area contributed by atoms with Gasteiger partial charge in [0.25, 0.3) is 0 Å². The van der Waals surface area contributed by atoms with Crippen LogP contribution in [0.5, 0.6) is 0 Å². The van der Waals surface area contributed by atoms with Gasteiger partial charge in [0, 0.05) is 106 Å². The van der Waals surface area contributed by atoms with Gasteiger partial charge in [0.1, 0.15) is 0 Å². The predicted octanol–water partition coefficient (Wildman–Crippen LogP) is 28.8. The Hall–Kier alpha value is -12.4. The second-order valence-electron chi connectivity index (χ2n) is 26.5. The highest BCUT2D eigenvalue weighted by Gasteiger charge is 2.19. The van der Waals surface area contributed by atoms with Gasteiger partial charge in [0.05, 0.1) is 56.6 Å². The zero-order valence-corrected chi connectivity index (χ0v) is 68.9. The molecule has 0 aliphatic carbocycles. The van der Waals surface area contributed by atoms with Gasteiger partial charge in [-0.05, 0) is 103 Å². The van der Waals surface area contributed by atoms with Crippen LogP contribution < -0.4 is 0 Å². The molecular weight excluding hydrogens is 1730 g/mol. The summed E-state index contributed by atoms with van der Waals surface area (Å²) < 4.78 is 7.38. The minimum Gasteiger partial charge on any atom is -0.309 e. The molecule has 114 heavy (non-hydrogen) atoms. The second-order valence-corrected chi connectivity index (χ2v) is 31.1. The number of hydrogen-bond donors (Lipinski definition) is 0. The SMILES string of the molecule is Brc1cc(-c2cc(-c3ccccc3)nc(-c3ccccc3)n2)cc(-c2cc(-c3ccccc3)nc(-c3ccccc3)n2)c1.Brc1cc(Br)cc(-c2cc(-c3ccccc3)nc(-c3ccccc3)n2)c1.Brc1cccc(-c2cc(-c3ccccc3)nc(-c3ccccc3)n2)c1.Brc1cccc(-n2c3ccccc3c3ccccc32)c1. The largest absolute Gasteiger partial charge is 0.309 e. The van der Waals surface area contributed by atoms with Crippen LogP contribution in [0.25, 0.3) is 163 Å². The number of fused-ring (bicyclic) bond motifs is 3. The van der Waals surface area contributed by atoms with Crippen LogP contribution in [0.4, 0.5) is 0 Å². The van der Waals surface area contributed by atoms with Gasteiger partial charge in [0.2, 0.25) is 0 Å². The van der Waals surface area contributed by atoms with Gasteiger partial charge < -0.3 is 4.57 Å². The number of para-hydroxylation sites is 2. The summed E-state index contributed by atoms with van der Waals surface area (Å²) in [6, 6.07) is 136. The molecule has 0 aliphatic rings. The van der Waals surface area contributed by atoms with Gasteiger partial charge in [-0.1, -0.05) is 377 Å². The van der Waals surface area contributed by atoms with E-state index < -0.39 is 0 Å². The normalized spacial score (nSPS) is 10.9. The van der Waals surface area contributed by atoms with Crippen LogP contribution in [-0.2, 0) is 0 Å². The third-order valence-corrected chi connectivity index (χ3v) is 21.1. The zero-order valence-electron chi connectivity index (χ0n) is 61.0. The van der Waals surface area contributed by atoms with Gasteiger partial charge >= 0.3 is 0 Å². The van der Waals surface area contributed by atoms with Crippen LogP contribution in [0.3, 0.4) is 0 Å². The number of rotatable bonds is 13. The number of benzene rings is 14. The summed E-state index contributed by atoms with van der Waals surface area (Å²) in [5, 5.41) is 2.59. The fourth-order valence-electron chi connectivity index (χ4n) is 13.3. The average molecular weight is 1790 g/mol. The number of aromatic nitrogens is 9. The maximum absolute atomic E-state index is 5.04. The van der Waals surface area contributed by atoms with Gasteiger partial charge in [-0.2, -0.15) is 0 Å². The van der Waals surface area contributed by atoms with E-state index in [2.05, 4.69) is 260 Å². The molecule has 5 heterocycles. The van der Waals surface area contributed by atoms with Crippen molar-refractivity contribution in [1.82, 2.24) is 44.4 Å². The first kappa shape index (κ1) is 75.6. The average Bonchev–Trinajstić information content (AvgIpc) is 1.58. The Balaban J connectivity index is 0.000000120. The van der Waals surface area contributed by atoms with Crippen molar-refractivity contribution in [2.75, 3.05) is 0 Å².